The van der Waals surface area contributed by atoms with Crippen molar-refractivity contribution >= 4 is 43.6 Å². The Morgan fingerprint density at radius 2 is 0.844 bits per heavy atom. The van der Waals surface area contributed by atoms with Gasteiger partial charge in [0.25, 0.3) is 0 Å². The van der Waals surface area contributed by atoms with Gasteiger partial charge in [-0.25, -0.2) is 4.98 Å². The number of hydrogen-bond acceptors (Lipinski definition) is 3. The molecule has 0 radical (unpaired) electrons. The molecule has 1 spiro atoms. The molecule has 0 fully saturated rings. The topological polar surface area (TPSA) is 48.5 Å². The lowest BCUT2D eigenvalue weighted by Gasteiger charge is -2.32. The molecule has 0 atom stereocenters. The van der Waals surface area contributed by atoms with Crippen LogP contribution in [0.25, 0.3) is 111 Å². The summed E-state index contributed by atoms with van der Waals surface area (Å²) in [6.45, 7) is 14.0. The lowest BCUT2D eigenvalue weighted by molar-refractivity contribution is 0.586. The molecule has 13 aromatic rings. The van der Waals surface area contributed by atoms with Gasteiger partial charge >= 0.3 is 0 Å². The van der Waals surface area contributed by atoms with E-state index < -0.39 is 5.41 Å². The lowest BCUT2D eigenvalue weighted by atomic mass is 9.69. The average Bonchev–Trinajstić information content (AvgIpc) is 4.33. The Labute approximate surface area is 448 Å². The first-order valence-corrected chi connectivity index (χ1v) is 26.9. The molecule has 2 aliphatic carbocycles. The van der Waals surface area contributed by atoms with Crippen LogP contribution in [0.2, 0.25) is 0 Å². The summed E-state index contributed by atoms with van der Waals surface area (Å²) in [6.07, 6.45) is 0. The summed E-state index contributed by atoms with van der Waals surface area (Å²) in [5.41, 5.74) is 22.0. The van der Waals surface area contributed by atoms with Crippen molar-refractivity contribution in [3.05, 3.63) is 258 Å². The van der Waals surface area contributed by atoms with Gasteiger partial charge in [-0.15, -0.1) is 0 Å². The summed E-state index contributed by atoms with van der Waals surface area (Å²) in [4.78, 5) is 16.2. The van der Waals surface area contributed by atoms with Gasteiger partial charge in [-0.3, -0.25) is 4.57 Å². The van der Waals surface area contributed by atoms with Crippen molar-refractivity contribution in [1.29, 1.82) is 0 Å². The van der Waals surface area contributed by atoms with E-state index in [1.807, 2.05) is 12.1 Å². The largest absolute Gasteiger partial charge is 0.309 e. The zero-order valence-corrected chi connectivity index (χ0v) is 44.1. The predicted molar refractivity (Wildman–Crippen MR) is 319 cm³/mol. The van der Waals surface area contributed by atoms with Gasteiger partial charge in [0, 0.05) is 43.9 Å². The van der Waals surface area contributed by atoms with Crippen LogP contribution < -0.4 is 0 Å². The normalized spacial score (nSPS) is 13.4. The number of hydrogen-bond donors (Lipinski definition) is 0. The van der Waals surface area contributed by atoms with E-state index in [0.717, 1.165) is 49.7 Å². The Kier molecular flexibility index (Phi) is 9.63. The van der Waals surface area contributed by atoms with Crippen LogP contribution in [0.15, 0.2) is 224 Å². The van der Waals surface area contributed by atoms with E-state index in [2.05, 4.69) is 263 Å². The number of para-hydroxylation sites is 2. The number of rotatable bonds is 5. The van der Waals surface area contributed by atoms with Crippen molar-refractivity contribution < 1.29 is 0 Å². The maximum atomic E-state index is 5.50. The number of aromatic nitrogens is 5. The van der Waals surface area contributed by atoms with Crippen LogP contribution in [0.3, 0.4) is 0 Å². The standard InChI is InChI=1S/C72H55N5/c1-70(2,3)48-32-34-51-52-35-33-49(71(4,5)6)43-61(52)72(60(51)42-48)58-28-18-16-27-55(58)65-59(72)37-36-54-57-41-47(46-30-38-63-56(40-46)53-26-17-19-29-62(53)76(63)50-24-14-9-15-25-50)31-39-64(57)77(66(54)65)69-74-67(44-20-10-7-11-21-44)73-68(75-69)45-22-12-8-13-23-45/h7-43H,1-6H3. The molecule has 5 heteroatoms. The Morgan fingerprint density at radius 3 is 1.44 bits per heavy atom. The first-order chi connectivity index (χ1) is 37.4. The summed E-state index contributed by atoms with van der Waals surface area (Å²) in [5, 5.41) is 4.72. The zero-order chi connectivity index (χ0) is 52.0. The van der Waals surface area contributed by atoms with E-state index in [1.54, 1.807) is 0 Å². The Hall–Kier alpha value is -9.19. The molecule has 5 nitrogen and oxygen atoms in total. The molecule has 2 aliphatic rings. The van der Waals surface area contributed by atoms with Crippen molar-refractivity contribution in [1.82, 2.24) is 24.1 Å². The van der Waals surface area contributed by atoms with Gasteiger partial charge < -0.3 is 4.57 Å². The molecule has 368 valence electrons. The molecule has 0 saturated carbocycles. The van der Waals surface area contributed by atoms with E-state index in [-0.39, 0.29) is 10.8 Å². The van der Waals surface area contributed by atoms with Crippen LogP contribution in [0, 0.1) is 0 Å². The Bertz CT molecular complexity index is 4450. The third kappa shape index (κ3) is 6.63. The van der Waals surface area contributed by atoms with Crippen molar-refractivity contribution in [2.45, 2.75) is 57.8 Å². The minimum absolute atomic E-state index is 0.0638. The molecule has 10 aromatic carbocycles. The van der Waals surface area contributed by atoms with Crippen LogP contribution in [-0.2, 0) is 16.2 Å². The van der Waals surface area contributed by atoms with Gasteiger partial charge in [0.15, 0.2) is 11.6 Å². The number of benzene rings is 10. The zero-order valence-electron chi connectivity index (χ0n) is 44.1. The van der Waals surface area contributed by atoms with Crippen LogP contribution >= 0.6 is 0 Å². The molecule has 0 bridgehead atoms. The van der Waals surface area contributed by atoms with E-state index in [9.17, 15) is 0 Å². The maximum absolute atomic E-state index is 5.50. The third-order valence-electron chi connectivity index (χ3n) is 16.7. The molecule has 0 amide bonds. The molecule has 0 aliphatic heterocycles. The second-order valence-corrected chi connectivity index (χ2v) is 23.2. The Balaban J connectivity index is 1.06. The summed E-state index contributed by atoms with van der Waals surface area (Å²) in [5.74, 6) is 1.82. The van der Waals surface area contributed by atoms with Gasteiger partial charge in [0.05, 0.1) is 27.5 Å². The van der Waals surface area contributed by atoms with Crippen LogP contribution in [0.1, 0.15) is 74.9 Å². The van der Waals surface area contributed by atoms with E-state index in [0.29, 0.717) is 17.6 Å². The number of fused-ring (bicyclic) bond motifs is 17. The van der Waals surface area contributed by atoms with Crippen LogP contribution in [-0.4, -0.2) is 24.1 Å². The fraction of sp³-hybridized carbons (Fsp3) is 0.125. The van der Waals surface area contributed by atoms with Crippen LogP contribution in [0.5, 0.6) is 0 Å². The highest BCUT2D eigenvalue weighted by atomic mass is 15.2. The number of nitrogens with zero attached hydrogens (tertiary/aromatic N) is 5. The van der Waals surface area contributed by atoms with Crippen molar-refractivity contribution in [3.63, 3.8) is 0 Å². The second-order valence-electron chi connectivity index (χ2n) is 23.2. The SMILES string of the molecule is CC(C)(C)c1ccc2c(c1)C1(c3cc(C(C)(C)C)ccc3-2)c2ccccc2-c2c1ccc1c3cc(-c4ccc5c(c4)c4ccccc4n5-c4ccccc4)ccc3n(-c3nc(-c4ccccc4)nc(-c4ccccc4)n3)c21. The molecule has 0 N–H and O–H groups in total. The molecule has 77 heavy (non-hydrogen) atoms. The van der Waals surface area contributed by atoms with E-state index in [1.165, 1.54) is 77.4 Å². The van der Waals surface area contributed by atoms with E-state index >= 15 is 0 Å². The van der Waals surface area contributed by atoms with Gasteiger partial charge in [-0.1, -0.05) is 224 Å². The molecule has 0 saturated heterocycles. The highest BCUT2D eigenvalue weighted by molar-refractivity contribution is 6.18. The monoisotopic (exact) mass is 989 g/mol. The van der Waals surface area contributed by atoms with Crippen molar-refractivity contribution in [2.24, 2.45) is 0 Å². The second kappa shape index (κ2) is 16.4. The van der Waals surface area contributed by atoms with Gasteiger partial charge in [0.2, 0.25) is 5.95 Å². The van der Waals surface area contributed by atoms with Gasteiger partial charge in [0.1, 0.15) is 0 Å². The highest BCUT2D eigenvalue weighted by Crippen LogP contribution is 2.65. The lowest BCUT2D eigenvalue weighted by Crippen LogP contribution is -2.27. The smallest absolute Gasteiger partial charge is 0.238 e. The van der Waals surface area contributed by atoms with E-state index in [4.69, 9.17) is 15.0 Å². The summed E-state index contributed by atoms with van der Waals surface area (Å²) < 4.78 is 4.74. The minimum atomic E-state index is -0.600. The summed E-state index contributed by atoms with van der Waals surface area (Å²) in [6, 6.07) is 82.7. The molecule has 15 rings (SSSR count). The molecule has 0 unspecified atom stereocenters. The predicted octanol–water partition coefficient (Wildman–Crippen LogP) is 18.0. The van der Waals surface area contributed by atoms with Crippen molar-refractivity contribution in [3.8, 4) is 67.8 Å². The first kappa shape index (κ1) is 45.2. The molecular formula is C72H55N5. The molecular weight excluding hydrogens is 935 g/mol. The highest BCUT2D eigenvalue weighted by Gasteiger charge is 2.53. The molecule has 3 aromatic heterocycles. The van der Waals surface area contributed by atoms with Crippen molar-refractivity contribution in [2.75, 3.05) is 0 Å². The fourth-order valence-electron chi connectivity index (χ4n) is 13.0. The quantitative estimate of drug-likeness (QED) is 0.173. The van der Waals surface area contributed by atoms with Gasteiger partial charge in [-0.05, 0) is 114 Å². The van der Waals surface area contributed by atoms with Crippen LogP contribution in [0.4, 0.5) is 0 Å². The first-order valence-electron chi connectivity index (χ1n) is 26.9. The summed E-state index contributed by atoms with van der Waals surface area (Å²) in [7, 11) is 0. The minimum Gasteiger partial charge on any atom is -0.309 e. The third-order valence-corrected chi connectivity index (χ3v) is 16.7. The Morgan fingerprint density at radius 1 is 0.338 bits per heavy atom. The molecule has 3 heterocycles. The summed E-state index contributed by atoms with van der Waals surface area (Å²) >= 11 is 0. The average molecular weight is 990 g/mol. The van der Waals surface area contributed by atoms with Gasteiger partial charge in [-0.2, -0.15) is 9.97 Å². The fourth-order valence-corrected chi connectivity index (χ4v) is 13.0. The maximum Gasteiger partial charge on any atom is 0.238 e.